The van der Waals surface area contributed by atoms with Crippen LogP contribution in [0.15, 0.2) is 42.5 Å². The molecule has 0 spiro atoms. The van der Waals surface area contributed by atoms with Crippen molar-refractivity contribution in [2.45, 2.75) is 13.0 Å². The van der Waals surface area contributed by atoms with Crippen molar-refractivity contribution in [1.82, 2.24) is 0 Å². The van der Waals surface area contributed by atoms with Crippen LogP contribution in [0.25, 0.3) is 0 Å². The molecule has 2 aromatic carbocycles. The number of aliphatic hydroxyl groups excluding tert-OH is 1. The third-order valence-electron chi connectivity index (χ3n) is 3.44. The number of rotatable bonds is 7. The summed E-state index contributed by atoms with van der Waals surface area (Å²) >= 11 is 0. The summed E-state index contributed by atoms with van der Waals surface area (Å²) in [5, 5.41) is 13.8. The van der Waals surface area contributed by atoms with Crippen molar-refractivity contribution in [3.8, 4) is 0 Å². The van der Waals surface area contributed by atoms with E-state index in [0.29, 0.717) is 5.69 Å². The summed E-state index contributed by atoms with van der Waals surface area (Å²) in [7, 11) is 0. The largest absolute Gasteiger partial charge is 0.449 e. The molecule has 1 atom stereocenters. The van der Waals surface area contributed by atoms with E-state index in [2.05, 4.69) is 10.6 Å². The number of ether oxygens (including phenoxy) is 1. The van der Waals surface area contributed by atoms with E-state index in [4.69, 9.17) is 9.84 Å². The molecule has 0 unspecified atom stereocenters. The van der Waals surface area contributed by atoms with Gasteiger partial charge in [0.1, 0.15) is 17.3 Å². The fraction of sp³-hybridized carbons (Fsp3) is 0.222. The highest BCUT2D eigenvalue weighted by Gasteiger charge is 2.22. The lowest BCUT2D eigenvalue weighted by Crippen LogP contribution is -2.31. The fourth-order valence-corrected chi connectivity index (χ4v) is 2.13. The second-order valence-corrected chi connectivity index (χ2v) is 5.33. The van der Waals surface area contributed by atoms with Crippen molar-refractivity contribution in [1.29, 1.82) is 0 Å². The topological polar surface area (TPSA) is 87.7 Å². The molecule has 0 saturated heterocycles. The summed E-state index contributed by atoms with van der Waals surface area (Å²) in [6.45, 7) is 1.39. The van der Waals surface area contributed by atoms with Gasteiger partial charge in [-0.3, -0.25) is 4.79 Å². The lowest BCUT2D eigenvalue weighted by Gasteiger charge is -2.16. The fourth-order valence-electron chi connectivity index (χ4n) is 2.13. The van der Waals surface area contributed by atoms with E-state index in [1.807, 2.05) is 0 Å². The molecule has 6 nitrogen and oxygen atoms in total. The van der Waals surface area contributed by atoms with Crippen molar-refractivity contribution < 1.29 is 28.2 Å². The maximum atomic E-state index is 13.6. The summed E-state index contributed by atoms with van der Waals surface area (Å²) in [6.07, 6.45) is -1.28. The van der Waals surface area contributed by atoms with Crippen LogP contribution in [-0.2, 0) is 9.53 Å². The number of benzene rings is 2. The molecule has 3 N–H and O–H groups in total. The maximum Gasteiger partial charge on any atom is 0.341 e. The molecule has 2 aromatic rings. The van der Waals surface area contributed by atoms with Crippen LogP contribution in [0.1, 0.15) is 17.3 Å². The smallest absolute Gasteiger partial charge is 0.341 e. The maximum absolute atomic E-state index is 13.6. The molecule has 0 aliphatic heterocycles. The summed E-state index contributed by atoms with van der Waals surface area (Å²) in [5.74, 6) is -3.53. The first-order chi connectivity index (χ1) is 12.4. The average Bonchev–Trinajstić information content (AvgIpc) is 2.63. The van der Waals surface area contributed by atoms with Gasteiger partial charge in [0.15, 0.2) is 6.10 Å². The van der Waals surface area contributed by atoms with Crippen molar-refractivity contribution in [2.75, 3.05) is 23.8 Å². The highest BCUT2D eigenvalue weighted by atomic mass is 19.1. The van der Waals surface area contributed by atoms with Gasteiger partial charge in [0, 0.05) is 12.2 Å². The van der Waals surface area contributed by atoms with Crippen molar-refractivity contribution >= 4 is 23.3 Å². The van der Waals surface area contributed by atoms with E-state index < -0.39 is 35.3 Å². The highest BCUT2D eigenvalue weighted by molar-refractivity contribution is 5.99. The lowest BCUT2D eigenvalue weighted by molar-refractivity contribution is -0.123. The van der Waals surface area contributed by atoms with Crippen molar-refractivity contribution in [2.24, 2.45) is 0 Å². The van der Waals surface area contributed by atoms with Crippen LogP contribution in [0, 0.1) is 11.6 Å². The second kappa shape index (κ2) is 8.91. The number of carbonyl (C=O) groups is 2. The van der Waals surface area contributed by atoms with Gasteiger partial charge in [0.25, 0.3) is 5.91 Å². The molecular weight excluding hydrogens is 346 g/mol. The molecule has 8 heteroatoms. The minimum atomic E-state index is -1.28. The van der Waals surface area contributed by atoms with Gasteiger partial charge in [0.2, 0.25) is 0 Å². The Morgan fingerprint density at radius 3 is 2.42 bits per heavy atom. The Balaban J connectivity index is 2.06. The molecule has 0 heterocycles. The molecule has 138 valence electrons. The van der Waals surface area contributed by atoms with Crippen LogP contribution >= 0.6 is 0 Å². The Morgan fingerprint density at radius 2 is 1.77 bits per heavy atom. The molecule has 0 bridgehead atoms. The van der Waals surface area contributed by atoms with E-state index in [1.54, 1.807) is 18.2 Å². The van der Waals surface area contributed by atoms with Crippen LogP contribution in [0.4, 0.5) is 20.2 Å². The Labute approximate surface area is 148 Å². The van der Waals surface area contributed by atoms with Crippen LogP contribution < -0.4 is 10.6 Å². The summed E-state index contributed by atoms with van der Waals surface area (Å²) in [5.41, 5.74) is -0.0117. The number of aliphatic hydroxyl groups is 1. The predicted octanol–water partition coefficient (Wildman–Crippen LogP) is 2.55. The number of amides is 1. The van der Waals surface area contributed by atoms with E-state index in [-0.39, 0.29) is 18.7 Å². The zero-order chi connectivity index (χ0) is 19.1. The first kappa shape index (κ1) is 19.3. The standard InChI is InChI=1S/C18H18F2N2O4/c1-11(17(24)22-16-13(19)6-4-7-14(16)20)26-18(25)12-5-2-3-8-15(12)21-9-10-23/h2-8,11,21,23H,9-10H2,1H3,(H,22,24)/t11-/m1/s1. The normalized spacial score (nSPS) is 11.5. The van der Waals surface area contributed by atoms with E-state index in [1.165, 1.54) is 19.1 Å². The molecule has 0 aliphatic rings. The number of carbonyl (C=O) groups excluding carboxylic acids is 2. The molecular formula is C18H18F2N2O4. The van der Waals surface area contributed by atoms with Gasteiger partial charge in [-0.25, -0.2) is 13.6 Å². The first-order valence-corrected chi connectivity index (χ1v) is 7.83. The molecule has 0 aliphatic carbocycles. The van der Waals surface area contributed by atoms with Gasteiger partial charge < -0.3 is 20.5 Å². The quantitative estimate of drug-likeness (QED) is 0.657. The molecule has 26 heavy (non-hydrogen) atoms. The second-order valence-electron chi connectivity index (χ2n) is 5.33. The van der Waals surface area contributed by atoms with E-state index in [0.717, 1.165) is 12.1 Å². The number of hydrogen-bond acceptors (Lipinski definition) is 5. The van der Waals surface area contributed by atoms with E-state index in [9.17, 15) is 18.4 Å². The summed E-state index contributed by atoms with van der Waals surface area (Å²) in [6, 6.07) is 9.57. The number of halogens is 2. The number of anilines is 2. The molecule has 2 rings (SSSR count). The Kier molecular flexibility index (Phi) is 6.62. The molecule has 0 radical (unpaired) electrons. The zero-order valence-electron chi connectivity index (χ0n) is 14.0. The van der Waals surface area contributed by atoms with Gasteiger partial charge in [-0.1, -0.05) is 18.2 Å². The van der Waals surface area contributed by atoms with Gasteiger partial charge in [-0.05, 0) is 31.2 Å². The number of nitrogens with one attached hydrogen (secondary N) is 2. The first-order valence-electron chi connectivity index (χ1n) is 7.83. The number of esters is 1. The Hall–Kier alpha value is -3.00. The molecule has 1 amide bonds. The lowest BCUT2D eigenvalue weighted by atomic mass is 10.1. The van der Waals surface area contributed by atoms with E-state index >= 15 is 0 Å². The summed E-state index contributed by atoms with van der Waals surface area (Å²) < 4.78 is 32.2. The monoisotopic (exact) mass is 364 g/mol. The summed E-state index contributed by atoms with van der Waals surface area (Å²) in [4.78, 5) is 24.3. The van der Waals surface area contributed by atoms with Crippen LogP contribution in [0.2, 0.25) is 0 Å². The SMILES string of the molecule is C[C@@H](OC(=O)c1ccccc1NCCO)C(=O)Nc1c(F)cccc1F. The average molecular weight is 364 g/mol. The van der Waals surface area contributed by atoms with Crippen LogP contribution in [0.5, 0.6) is 0 Å². The third-order valence-corrected chi connectivity index (χ3v) is 3.44. The highest BCUT2D eigenvalue weighted by Crippen LogP contribution is 2.20. The van der Waals surface area contributed by atoms with Crippen LogP contribution in [-0.4, -0.2) is 36.2 Å². The third kappa shape index (κ3) is 4.76. The van der Waals surface area contributed by atoms with Gasteiger partial charge in [-0.15, -0.1) is 0 Å². The Morgan fingerprint density at radius 1 is 1.12 bits per heavy atom. The van der Waals surface area contributed by atoms with Gasteiger partial charge >= 0.3 is 5.97 Å². The van der Waals surface area contributed by atoms with Crippen LogP contribution in [0.3, 0.4) is 0 Å². The molecule has 0 saturated carbocycles. The minimum absolute atomic E-state index is 0.129. The van der Waals surface area contributed by atoms with Crippen molar-refractivity contribution in [3.63, 3.8) is 0 Å². The Bertz CT molecular complexity index is 778. The number of hydrogen-bond donors (Lipinski definition) is 3. The van der Waals surface area contributed by atoms with Gasteiger partial charge in [0.05, 0.1) is 12.2 Å². The molecule has 0 fully saturated rings. The number of para-hydroxylation sites is 2. The molecule has 0 aromatic heterocycles. The predicted molar refractivity (Wildman–Crippen MR) is 91.9 cm³/mol. The zero-order valence-corrected chi connectivity index (χ0v) is 14.0. The van der Waals surface area contributed by atoms with Gasteiger partial charge in [-0.2, -0.15) is 0 Å². The minimum Gasteiger partial charge on any atom is -0.449 e. The van der Waals surface area contributed by atoms with Crippen molar-refractivity contribution in [3.05, 3.63) is 59.7 Å².